The number of halogens is 1. The van der Waals surface area contributed by atoms with Crippen molar-refractivity contribution in [3.8, 4) is 0 Å². The molecule has 0 spiro atoms. The van der Waals surface area contributed by atoms with Crippen LogP contribution in [0.2, 0.25) is 0 Å². The Morgan fingerprint density at radius 2 is 1.93 bits per heavy atom. The van der Waals surface area contributed by atoms with Gasteiger partial charge in [-0.05, 0) is 55.3 Å². The first kappa shape index (κ1) is 11.5. The summed E-state index contributed by atoms with van der Waals surface area (Å²) in [7, 11) is 2.07. The summed E-state index contributed by atoms with van der Waals surface area (Å²) in [5.74, 6) is 1.01. The lowest BCUT2D eigenvalue weighted by Gasteiger charge is -2.33. The number of hydrogen-bond donors (Lipinski definition) is 0. The molecule has 0 fully saturated rings. The number of hydrogen-bond acceptors (Lipinski definition) is 2. The number of nitrogens with zero attached hydrogens (tertiary/aromatic N) is 2. The van der Waals surface area contributed by atoms with E-state index in [2.05, 4.69) is 66.6 Å². The average molecular weight is 257 g/mol. The first-order valence-electron chi connectivity index (χ1n) is 4.68. The molecule has 1 rings (SSSR count). The maximum absolute atomic E-state index is 4.38. The lowest BCUT2D eigenvalue weighted by Crippen LogP contribution is -2.38. The lowest BCUT2D eigenvalue weighted by molar-refractivity contribution is 0.534. The maximum Gasteiger partial charge on any atom is 0.128 e. The summed E-state index contributed by atoms with van der Waals surface area (Å²) in [5.41, 5.74) is 1.32. The molecule has 0 atom stereocenters. The predicted molar refractivity (Wildman–Crippen MR) is 64.8 cm³/mol. The first-order valence-corrected chi connectivity index (χ1v) is 5.47. The van der Waals surface area contributed by atoms with Gasteiger partial charge in [0.15, 0.2) is 0 Å². The van der Waals surface area contributed by atoms with Crippen LogP contribution >= 0.6 is 15.9 Å². The molecule has 0 radical (unpaired) electrons. The van der Waals surface area contributed by atoms with Crippen LogP contribution in [0.5, 0.6) is 0 Å². The monoisotopic (exact) mass is 256 g/mol. The molecule has 2 nitrogen and oxygen atoms in total. The summed E-state index contributed by atoms with van der Waals surface area (Å²) in [5, 5.41) is 0. The van der Waals surface area contributed by atoms with Crippen molar-refractivity contribution in [2.75, 3.05) is 11.9 Å². The van der Waals surface area contributed by atoms with Gasteiger partial charge in [-0.15, -0.1) is 0 Å². The van der Waals surface area contributed by atoms with Gasteiger partial charge in [0.1, 0.15) is 5.82 Å². The summed E-state index contributed by atoms with van der Waals surface area (Å²) in [6, 6.07) is 2.09. The highest BCUT2D eigenvalue weighted by atomic mass is 79.9. The molecule has 0 aliphatic rings. The van der Waals surface area contributed by atoms with E-state index in [1.807, 2.05) is 6.20 Å². The fraction of sp³-hybridized carbons (Fsp3) is 0.545. The standard InChI is InChI=1S/C11H17BrN2/c1-8-6-10(13-7-9(8)12)14(5)11(2,3)4/h6-7H,1-5H3. The summed E-state index contributed by atoms with van der Waals surface area (Å²) in [6.45, 7) is 8.59. The Bertz CT molecular complexity index is 329. The second kappa shape index (κ2) is 3.89. The summed E-state index contributed by atoms with van der Waals surface area (Å²) in [4.78, 5) is 6.56. The normalized spacial score (nSPS) is 11.6. The molecule has 0 bridgehead atoms. The Hall–Kier alpha value is -0.570. The molecule has 1 aromatic rings. The van der Waals surface area contributed by atoms with Crippen LogP contribution in [0.25, 0.3) is 0 Å². The van der Waals surface area contributed by atoms with Gasteiger partial charge in [-0.2, -0.15) is 0 Å². The van der Waals surface area contributed by atoms with Gasteiger partial charge in [-0.25, -0.2) is 4.98 Å². The van der Waals surface area contributed by atoms with Gasteiger partial charge in [0.05, 0.1) is 0 Å². The third-order valence-electron chi connectivity index (χ3n) is 2.38. The van der Waals surface area contributed by atoms with Crippen LogP contribution in [0.15, 0.2) is 16.7 Å². The Morgan fingerprint density at radius 3 is 2.36 bits per heavy atom. The van der Waals surface area contributed by atoms with Crippen molar-refractivity contribution in [1.82, 2.24) is 4.98 Å². The zero-order valence-electron chi connectivity index (χ0n) is 9.43. The number of pyridine rings is 1. The molecule has 1 aromatic heterocycles. The fourth-order valence-electron chi connectivity index (χ4n) is 1.05. The van der Waals surface area contributed by atoms with E-state index >= 15 is 0 Å². The fourth-order valence-corrected chi connectivity index (χ4v) is 1.27. The third-order valence-corrected chi connectivity index (χ3v) is 3.21. The number of rotatable bonds is 1. The molecule has 0 unspecified atom stereocenters. The minimum absolute atomic E-state index is 0.104. The van der Waals surface area contributed by atoms with Crippen LogP contribution in [0.1, 0.15) is 26.3 Å². The quantitative estimate of drug-likeness (QED) is 0.766. The largest absolute Gasteiger partial charge is 0.355 e. The van der Waals surface area contributed by atoms with Gasteiger partial charge in [0.25, 0.3) is 0 Å². The molecular formula is C11H17BrN2. The highest BCUT2D eigenvalue weighted by Crippen LogP contribution is 2.23. The Morgan fingerprint density at radius 1 is 1.36 bits per heavy atom. The van der Waals surface area contributed by atoms with E-state index in [1.165, 1.54) is 5.56 Å². The summed E-state index contributed by atoms with van der Waals surface area (Å²) in [6.07, 6.45) is 1.85. The minimum Gasteiger partial charge on any atom is -0.355 e. The van der Waals surface area contributed by atoms with Crippen molar-refractivity contribution < 1.29 is 0 Å². The van der Waals surface area contributed by atoms with E-state index in [4.69, 9.17) is 0 Å². The molecule has 0 N–H and O–H groups in total. The molecular weight excluding hydrogens is 240 g/mol. The topological polar surface area (TPSA) is 16.1 Å². The molecule has 0 aromatic carbocycles. The second-order valence-corrected chi connectivity index (χ2v) is 5.38. The van der Waals surface area contributed by atoms with E-state index in [1.54, 1.807) is 0 Å². The maximum atomic E-state index is 4.38. The molecule has 3 heteroatoms. The van der Waals surface area contributed by atoms with Crippen LogP contribution < -0.4 is 4.90 Å². The van der Waals surface area contributed by atoms with Gasteiger partial charge >= 0.3 is 0 Å². The molecule has 14 heavy (non-hydrogen) atoms. The Balaban J connectivity index is 3.03. The highest BCUT2D eigenvalue weighted by molar-refractivity contribution is 9.10. The van der Waals surface area contributed by atoms with Crippen LogP contribution in [0.3, 0.4) is 0 Å². The molecule has 0 amide bonds. The second-order valence-electron chi connectivity index (χ2n) is 4.52. The van der Waals surface area contributed by atoms with Crippen molar-refractivity contribution in [3.63, 3.8) is 0 Å². The van der Waals surface area contributed by atoms with Crippen LogP contribution in [-0.4, -0.2) is 17.6 Å². The molecule has 0 saturated carbocycles. The van der Waals surface area contributed by atoms with Crippen LogP contribution in [-0.2, 0) is 0 Å². The first-order chi connectivity index (χ1) is 6.32. The SMILES string of the molecule is Cc1cc(N(C)C(C)(C)C)ncc1Br. The van der Waals surface area contributed by atoms with Crippen LogP contribution in [0.4, 0.5) is 5.82 Å². The van der Waals surface area contributed by atoms with Crippen molar-refractivity contribution in [1.29, 1.82) is 0 Å². The van der Waals surface area contributed by atoms with Gasteiger partial charge in [0.2, 0.25) is 0 Å². The predicted octanol–water partition coefficient (Wildman–Crippen LogP) is 3.39. The molecule has 0 aliphatic heterocycles. The molecule has 0 aliphatic carbocycles. The molecule has 78 valence electrons. The van der Waals surface area contributed by atoms with Gasteiger partial charge < -0.3 is 4.90 Å². The minimum atomic E-state index is 0.104. The van der Waals surface area contributed by atoms with Gasteiger partial charge in [-0.3, -0.25) is 0 Å². The van der Waals surface area contributed by atoms with Gasteiger partial charge in [-0.1, -0.05) is 0 Å². The molecule has 0 saturated heterocycles. The Labute approximate surface area is 94.5 Å². The summed E-state index contributed by atoms with van der Waals surface area (Å²) >= 11 is 3.45. The molecule has 1 heterocycles. The average Bonchev–Trinajstić information content (AvgIpc) is 2.07. The third kappa shape index (κ3) is 2.47. The smallest absolute Gasteiger partial charge is 0.128 e. The van der Waals surface area contributed by atoms with Crippen molar-refractivity contribution >= 4 is 21.7 Å². The van der Waals surface area contributed by atoms with Gasteiger partial charge in [0, 0.05) is 23.3 Å². The lowest BCUT2D eigenvalue weighted by atomic mass is 10.1. The van der Waals surface area contributed by atoms with Crippen molar-refractivity contribution in [2.24, 2.45) is 0 Å². The Kier molecular flexibility index (Phi) is 3.20. The zero-order chi connectivity index (χ0) is 10.9. The highest BCUT2D eigenvalue weighted by Gasteiger charge is 2.18. The van der Waals surface area contributed by atoms with Crippen LogP contribution in [0, 0.1) is 6.92 Å². The van der Waals surface area contributed by atoms with Crippen molar-refractivity contribution in [2.45, 2.75) is 33.2 Å². The number of aromatic nitrogens is 1. The zero-order valence-corrected chi connectivity index (χ0v) is 11.0. The summed E-state index contributed by atoms with van der Waals surface area (Å²) < 4.78 is 1.06. The number of aryl methyl sites for hydroxylation is 1. The van der Waals surface area contributed by atoms with E-state index in [-0.39, 0.29) is 5.54 Å². The van der Waals surface area contributed by atoms with E-state index in [0.717, 1.165) is 10.3 Å². The van der Waals surface area contributed by atoms with E-state index < -0.39 is 0 Å². The van der Waals surface area contributed by atoms with E-state index in [9.17, 15) is 0 Å². The number of anilines is 1. The van der Waals surface area contributed by atoms with E-state index in [0.29, 0.717) is 0 Å². The van der Waals surface area contributed by atoms with Crippen molar-refractivity contribution in [3.05, 3.63) is 22.3 Å².